The normalized spacial score (nSPS) is 19.3. The zero-order chi connectivity index (χ0) is 52.4. The van der Waals surface area contributed by atoms with Crippen molar-refractivity contribution in [2.75, 3.05) is 26.4 Å². The van der Waals surface area contributed by atoms with Gasteiger partial charge in [-0.05, 0) is 77.0 Å². The number of esters is 1. The first-order valence-electron chi connectivity index (χ1n) is 29.0. The summed E-state index contributed by atoms with van der Waals surface area (Å²) in [6.45, 7) is 3.90. The van der Waals surface area contributed by atoms with Crippen LogP contribution in [0.25, 0.3) is 0 Å². The topological polar surface area (TPSA) is 178 Å². The fraction of sp³-hybridized carbons (Fsp3) is 0.814. The lowest BCUT2D eigenvalue weighted by atomic mass is 9.99. The second kappa shape index (κ2) is 49.7. The first-order valence-corrected chi connectivity index (χ1v) is 30.4. The number of aliphatic hydroxyl groups excluding tert-OH is 3. The lowest BCUT2D eigenvalue weighted by Crippen LogP contribution is -2.60. The fourth-order valence-corrected chi connectivity index (χ4v) is 9.29. The van der Waals surface area contributed by atoms with Crippen molar-refractivity contribution in [3.63, 3.8) is 0 Å². The standard InChI is InChI=1S/C59H106O12S/c1-3-5-7-9-11-13-15-17-19-21-23-24-25-26-27-28-29-31-33-35-37-39-41-43-45-47-49-67-51-53(52-68-59-57(63)58(71-72(64,65)66)56(62)54(50-60)70-59)69-55(61)48-46-44-42-40-38-36-34-32-30-22-20-18-16-14-12-10-8-6-4-2/h5,7,11,13,17-20,23-24,53-54,56-60,62-63H,3-4,6,8-10,12,14-16,21-22,25-52H2,1-2H3,(H,64,65,66)/b7-5-,13-11-,19-17-,20-18-,24-23-. The second-order valence-electron chi connectivity index (χ2n) is 19.8. The van der Waals surface area contributed by atoms with Crippen LogP contribution in [0.15, 0.2) is 60.8 Å². The summed E-state index contributed by atoms with van der Waals surface area (Å²) in [6, 6.07) is 0. The van der Waals surface area contributed by atoms with E-state index in [0.717, 1.165) is 64.2 Å². The van der Waals surface area contributed by atoms with E-state index < -0.39 is 59.8 Å². The molecule has 6 atom stereocenters. The van der Waals surface area contributed by atoms with Crippen molar-refractivity contribution in [2.24, 2.45) is 0 Å². The van der Waals surface area contributed by atoms with Gasteiger partial charge in [0.2, 0.25) is 0 Å². The number of unbranched alkanes of at least 4 members (excludes halogenated alkanes) is 28. The van der Waals surface area contributed by atoms with Crippen molar-refractivity contribution < 1.29 is 56.2 Å². The van der Waals surface area contributed by atoms with Crippen LogP contribution in [0, 0.1) is 0 Å². The Hall–Kier alpha value is -2.20. The lowest BCUT2D eigenvalue weighted by molar-refractivity contribution is -0.301. The predicted molar refractivity (Wildman–Crippen MR) is 294 cm³/mol. The van der Waals surface area contributed by atoms with E-state index in [1.807, 2.05) is 0 Å². The molecule has 1 heterocycles. The monoisotopic (exact) mass is 1040 g/mol. The number of aliphatic hydroxyl groups is 3. The van der Waals surface area contributed by atoms with E-state index in [0.29, 0.717) is 13.0 Å². The van der Waals surface area contributed by atoms with Gasteiger partial charge in [0, 0.05) is 13.0 Å². The van der Waals surface area contributed by atoms with Gasteiger partial charge in [-0.1, -0.05) is 222 Å². The predicted octanol–water partition coefficient (Wildman–Crippen LogP) is 14.4. The molecular weight excluding hydrogens is 933 g/mol. The fourth-order valence-electron chi connectivity index (χ4n) is 8.78. The van der Waals surface area contributed by atoms with Crippen LogP contribution in [0.3, 0.4) is 0 Å². The van der Waals surface area contributed by atoms with Crippen molar-refractivity contribution in [1.29, 1.82) is 0 Å². The lowest BCUT2D eigenvalue weighted by Gasteiger charge is -2.41. The summed E-state index contributed by atoms with van der Waals surface area (Å²) < 4.78 is 59.4. The molecule has 0 amide bonds. The average molecular weight is 1040 g/mol. The van der Waals surface area contributed by atoms with Crippen LogP contribution in [0.1, 0.15) is 245 Å². The summed E-state index contributed by atoms with van der Waals surface area (Å²) in [6.07, 6.45) is 55.4. The molecule has 13 heteroatoms. The third-order valence-corrected chi connectivity index (χ3v) is 13.6. The van der Waals surface area contributed by atoms with Crippen LogP contribution in [-0.4, -0.2) is 97.5 Å². The summed E-state index contributed by atoms with van der Waals surface area (Å²) in [7, 11) is -5.07. The molecule has 0 aromatic carbocycles. The van der Waals surface area contributed by atoms with Crippen LogP contribution in [-0.2, 0) is 38.3 Å². The van der Waals surface area contributed by atoms with E-state index in [9.17, 15) is 33.1 Å². The van der Waals surface area contributed by atoms with Crippen molar-refractivity contribution in [1.82, 2.24) is 0 Å². The van der Waals surface area contributed by atoms with Gasteiger partial charge >= 0.3 is 16.4 Å². The van der Waals surface area contributed by atoms with E-state index in [-0.39, 0.29) is 19.6 Å². The number of carbonyl (C=O) groups excluding carboxylic acids is 1. The molecule has 0 aromatic heterocycles. The minimum atomic E-state index is -5.07. The van der Waals surface area contributed by atoms with Gasteiger partial charge < -0.3 is 34.3 Å². The zero-order valence-electron chi connectivity index (χ0n) is 45.5. The van der Waals surface area contributed by atoms with Gasteiger partial charge in [-0.2, -0.15) is 8.42 Å². The van der Waals surface area contributed by atoms with E-state index >= 15 is 0 Å². The SMILES string of the molecule is CC/C=C\C/C=C\C/C=C\C/C=C\CCCCCCCCCCCCCCCOCC(COC1OC(CO)C(O)C(OS(=O)(=O)O)C1O)OC(=O)CCCCCCCCCCC/C=C\CCCCCCCC. The molecule has 4 N–H and O–H groups in total. The Balaban J connectivity index is 2.28. The number of ether oxygens (including phenoxy) is 4. The first kappa shape index (κ1) is 67.8. The molecule has 72 heavy (non-hydrogen) atoms. The summed E-state index contributed by atoms with van der Waals surface area (Å²) in [5.41, 5.74) is 0. The molecule has 0 aliphatic carbocycles. The molecule has 6 unspecified atom stereocenters. The second-order valence-corrected chi connectivity index (χ2v) is 20.9. The maximum Gasteiger partial charge on any atom is 0.397 e. The number of rotatable bonds is 51. The van der Waals surface area contributed by atoms with E-state index in [1.165, 1.54) is 154 Å². The molecule has 12 nitrogen and oxygen atoms in total. The van der Waals surface area contributed by atoms with E-state index in [1.54, 1.807) is 0 Å². The Labute approximate surface area is 439 Å². The third kappa shape index (κ3) is 42.1. The van der Waals surface area contributed by atoms with Gasteiger partial charge in [0.25, 0.3) is 0 Å². The van der Waals surface area contributed by atoms with Crippen LogP contribution >= 0.6 is 0 Å². The molecule has 1 aliphatic rings. The number of hydrogen-bond donors (Lipinski definition) is 4. The van der Waals surface area contributed by atoms with Crippen molar-refractivity contribution in [3.8, 4) is 0 Å². The average Bonchev–Trinajstić information content (AvgIpc) is 3.36. The highest BCUT2D eigenvalue weighted by atomic mass is 32.3. The highest BCUT2D eigenvalue weighted by molar-refractivity contribution is 7.80. The molecule has 1 aliphatic heterocycles. The maximum absolute atomic E-state index is 13.0. The van der Waals surface area contributed by atoms with Crippen LogP contribution in [0.5, 0.6) is 0 Å². The molecule has 0 aromatic rings. The van der Waals surface area contributed by atoms with Gasteiger partial charge in [-0.15, -0.1) is 0 Å². The quantitative estimate of drug-likeness (QED) is 0.0196. The molecule has 0 spiro atoms. The van der Waals surface area contributed by atoms with Gasteiger partial charge in [-0.3, -0.25) is 9.35 Å². The van der Waals surface area contributed by atoms with Gasteiger partial charge in [-0.25, -0.2) is 4.18 Å². The van der Waals surface area contributed by atoms with E-state index in [4.69, 9.17) is 18.9 Å². The largest absolute Gasteiger partial charge is 0.457 e. The molecule has 1 fully saturated rings. The van der Waals surface area contributed by atoms with Crippen molar-refractivity contribution in [3.05, 3.63) is 60.8 Å². The van der Waals surface area contributed by atoms with Crippen LogP contribution in [0.2, 0.25) is 0 Å². The smallest absolute Gasteiger partial charge is 0.397 e. The Kier molecular flexibility index (Phi) is 46.8. The number of carbonyl (C=O) groups is 1. The van der Waals surface area contributed by atoms with Gasteiger partial charge in [0.05, 0.1) is 19.8 Å². The molecule has 1 saturated heterocycles. The minimum absolute atomic E-state index is 0.0341. The molecular formula is C59H106O12S. The van der Waals surface area contributed by atoms with Gasteiger partial charge in [0.15, 0.2) is 6.29 Å². The Morgan fingerprint density at radius 1 is 0.542 bits per heavy atom. The Morgan fingerprint density at radius 2 is 0.958 bits per heavy atom. The molecule has 0 radical (unpaired) electrons. The summed E-state index contributed by atoms with van der Waals surface area (Å²) in [5.74, 6) is -0.400. The van der Waals surface area contributed by atoms with Crippen molar-refractivity contribution >= 4 is 16.4 Å². The van der Waals surface area contributed by atoms with Gasteiger partial charge in [0.1, 0.15) is 30.5 Å². The zero-order valence-corrected chi connectivity index (χ0v) is 46.3. The maximum atomic E-state index is 13.0. The van der Waals surface area contributed by atoms with Crippen LogP contribution in [0.4, 0.5) is 0 Å². The molecule has 1 rings (SSSR count). The molecule has 420 valence electrons. The minimum Gasteiger partial charge on any atom is -0.457 e. The summed E-state index contributed by atoms with van der Waals surface area (Å²) in [4.78, 5) is 13.0. The summed E-state index contributed by atoms with van der Waals surface area (Å²) in [5, 5.41) is 30.8. The molecule has 0 saturated carbocycles. The number of allylic oxidation sites excluding steroid dienone is 10. The Morgan fingerprint density at radius 3 is 1.42 bits per heavy atom. The van der Waals surface area contributed by atoms with E-state index in [2.05, 4.69) is 78.8 Å². The first-order chi connectivity index (χ1) is 35.1. The summed E-state index contributed by atoms with van der Waals surface area (Å²) >= 11 is 0. The van der Waals surface area contributed by atoms with Crippen LogP contribution < -0.4 is 0 Å². The Bertz CT molecular complexity index is 1480. The third-order valence-electron chi connectivity index (χ3n) is 13.1. The highest BCUT2D eigenvalue weighted by Crippen LogP contribution is 2.26. The number of hydrogen-bond acceptors (Lipinski definition) is 11. The molecule has 0 bridgehead atoms. The van der Waals surface area contributed by atoms with Crippen molar-refractivity contribution in [2.45, 2.75) is 282 Å². The highest BCUT2D eigenvalue weighted by Gasteiger charge is 2.48.